The van der Waals surface area contributed by atoms with Crippen molar-refractivity contribution in [1.82, 2.24) is 0 Å². The van der Waals surface area contributed by atoms with Gasteiger partial charge in [0.2, 0.25) is 5.72 Å². The summed E-state index contributed by atoms with van der Waals surface area (Å²) in [6.07, 6.45) is 0.720. The van der Waals surface area contributed by atoms with Gasteiger partial charge in [0.15, 0.2) is 5.84 Å². The number of thioether (sulfide) groups is 1. The van der Waals surface area contributed by atoms with E-state index in [4.69, 9.17) is 21.6 Å². The van der Waals surface area contributed by atoms with E-state index in [1.165, 1.54) is 10.5 Å². The molecule has 5 heteroatoms. The van der Waals surface area contributed by atoms with Gasteiger partial charge < -0.3 is 4.84 Å². The minimum Gasteiger partial charge on any atom is -0.360 e. The Morgan fingerprint density at radius 3 is 2.24 bits per heavy atom. The molecule has 0 saturated carbocycles. The molecular weight excluding hydrogens is 448 g/mol. The number of nitrogens with zero attached hydrogens (tertiary/aromatic N) is 2. The Morgan fingerprint density at radius 2 is 1.48 bits per heavy atom. The van der Waals surface area contributed by atoms with Gasteiger partial charge in [-0.2, -0.15) is 0 Å². The number of rotatable bonds is 3. The van der Waals surface area contributed by atoms with Crippen molar-refractivity contribution in [2.45, 2.75) is 22.3 Å². The average Bonchev–Trinajstić information content (AvgIpc) is 3.18. The van der Waals surface area contributed by atoms with E-state index in [0.717, 1.165) is 29.1 Å². The Hall–Kier alpha value is -3.21. The lowest BCUT2D eigenvalue weighted by Crippen LogP contribution is -2.47. The van der Waals surface area contributed by atoms with E-state index < -0.39 is 5.72 Å². The highest BCUT2D eigenvalue weighted by atomic mass is 35.5. The van der Waals surface area contributed by atoms with Gasteiger partial charge in [-0.3, -0.25) is 4.90 Å². The second-order valence-corrected chi connectivity index (χ2v) is 9.87. The summed E-state index contributed by atoms with van der Waals surface area (Å²) in [5.41, 5.74) is 3.61. The number of benzene rings is 4. The van der Waals surface area contributed by atoms with E-state index in [1.807, 2.05) is 42.1 Å². The average molecular weight is 469 g/mol. The number of halogens is 1. The molecule has 0 unspecified atom stereocenters. The van der Waals surface area contributed by atoms with E-state index in [-0.39, 0.29) is 5.25 Å². The maximum atomic E-state index is 6.48. The second-order valence-electron chi connectivity index (χ2n) is 8.19. The zero-order chi connectivity index (χ0) is 22.3. The highest BCUT2D eigenvalue weighted by Gasteiger charge is 2.52. The fourth-order valence-electron chi connectivity index (χ4n) is 4.63. The fraction of sp³-hybridized carbons (Fsp3) is 0.107. The smallest absolute Gasteiger partial charge is 0.242 e. The number of hydrogen-bond donors (Lipinski definition) is 0. The van der Waals surface area contributed by atoms with Gasteiger partial charge in [0.25, 0.3) is 0 Å². The molecule has 0 amide bonds. The molecule has 0 aromatic heterocycles. The predicted octanol–water partition coefficient (Wildman–Crippen LogP) is 7.63. The van der Waals surface area contributed by atoms with Crippen LogP contribution in [0.2, 0.25) is 5.02 Å². The molecule has 0 aliphatic carbocycles. The third-order valence-electron chi connectivity index (χ3n) is 6.19. The Kier molecular flexibility index (Phi) is 5.12. The number of anilines is 1. The highest BCUT2D eigenvalue weighted by molar-refractivity contribution is 7.99. The van der Waals surface area contributed by atoms with E-state index in [1.54, 1.807) is 0 Å². The standard InChI is InChI=1S/C28H21ClN2OS/c29-23-17-15-22(16-18-23)28-19-26(20-9-3-1-4-10-20)33-25-14-8-7-13-24(25)31(28)27(30-32-28)21-11-5-2-6-12-21/h1-18,26H,19H2/t26-,28-/m1/s1. The summed E-state index contributed by atoms with van der Waals surface area (Å²) in [5, 5.41) is 5.57. The minimum absolute atomic E-state index is 0.179. The lowest BCUT2D eigenvalue weighted by molar-refractivity contribution is -0.0283. The number of oxime groups is 1. The van der Waals surface area contributed by atoms with Crippen LogP contribution in [0.15, 0.2) is 119 Å². The first-order valence-corrected chi connectivity index (χ1v) is 12.2. The van der Waals surface area contributed by atoms with Crippen molar-refractivity contribution in [1.29, 1.82) is 0 Å². The quantitative estimate of drug-likeness (QED) is 0.309. The van der Waals surface area contributed by atoms with Crippen LogP contribution in [0.1, 0.15) is 28.4 Å². The summed E-state index contributed by atoms with van der Waals surface area (Å²) in [6.45, 7) is 0. The van der Waals surface area contributed by atoms with Crippen LogP contribution in [0.3, 0.4) is 0 Å². The van der Waals surface area contributed by atoms with Gasteiger partial charge >= 0.3 is 0 Å². The summed E-state index contributed by atoms with van der Waals surface area (Å²) < 4.78 is 0. The molecule has 0 bridgehead atoms. The summed E-state index contributed by atoms with van der Waals surface area (Å²) in [6, 6.07) is 37.4. The van der Waals surface area contributed by atoms with Gasteiger partial charge in [0.05, 0.1) is 5.69 Å². The van der Waals surface area contributed by atoms with Gasteiger partial charge in [-0.15, -0.1) is 11.8 Å². The Labute approximate surface area is 202 Å². The molecule has 4 aromatic rings. The van der Waals surface area contributed by atoms with E-state index in [0.29, 0.717) is 5.02 Å². The first kappa shape index (κ1) is 20.4. The molecule has 2 aliphatic rings. The predicted molar refractivity (Wildman–Crippen MR) is 136 cm³/mol. The third-order valence-corrected chi connectivity index (χ3v) is 7.77. The van der Waals surface area contributed by atoms with Crippen LogP contribution in [0.4, 0.5) is 5.69 Å². The van der Waals surface area contributed by atoms with Crippen LogP contribution in [0, 0.1) is 0 Å². The molecule has 6 rings (SSSR count). The molecule has 0 radical (unpaired) electrons. The van der Waals surface area contributed by atoms with Crippen LogP contribution in [-0.2, 0) is 10.6 Å². The fourth-order valence-corrected chi connectivity index (χ4v) is 6.10. The zero-order valence-corrected chi connectivity index (χ0v) is 19.3. The van der Waals surface area contributed by atoms with Crippen LogP contribution in [0.5, 0.6) is 0 Å². The zero-order valence-electron chi connectivity index (χ0n) is 17.8. The van der Waals surface area contributed by atoms with Crippen molar-refractivity contribution in [2.24, 2.45) is 5.16 Å². The number of hydrogen-bond acceptors (Lipinski definition) is 4. The second kappa shape index (κ2) is 8.29. The molecule has 2 aliphatic heterocycles. The van der Waals surface area contributed by atoms with Crippen molar-refractivity contribution in [2.75, 3.05) is 4.90 Å². The molecule has 0 saturated heterocycles. The highest BCUT2D eigenvalue weighted by Crippen LogP contribution is 2.56. The van der Waals surface area contributed by atoms with Crippen molar-refractivity contribution < 1.29 is 4.84 Å². The first-order valence-electron chi connectivity index (χ1n) is 10.9. The first-order chi connectivity index (χ1) is 16.2. The molecule has 0 spiro atoms. The maximum Gasteiger partial charge on any atom is 0.242 e. The van der Waals surface area contributed by atoms with Crippen molar-refractivity contribution in [3.05, 3.63) is 131 Å². The summed E-state index contributed by atoms with van der Waals surface area (Å²) in [7, 11) is 0. The van der Waals surface area contributed by atoms with Gasteiger partial charge in [-0.1, -0.05) is 102 Å². The topological polar surface area (TPSA) is 24.8 Å². The van der Waals surface area contributed by atoms with Gasteiger partial charge in [-0.05, 0) is 29.8 Å². The van der Waals surface area contributed by atoms with Crippen LogP contribution < -0.4 is 4.90 Å². The minimum atomic E-state index is -0.796. The van der Waals surface area contributed by atoms with Crippen molar-refractivity contribution in [3.8, 4) is 0 Å². The molecule has 2 heterocycles. The molecule has 4 aromatic carbocycles. The summed E-state index contributed by atoms with van der Waals surface area (Å²) >= 11 is 8.14. The lowest BCUT2D eigenvalue weighted by atomic mass is 9.92. The number of amidine groups is 1. The van der Waals surface area contributed by atoms with Crippen LogP contribution >= 0.6 is 23.4 Å². The Balaban J connectivity index is 1.59. The van der Waals surface area contributed by atoms with Gasteiger partial charge in [0.1, 0.15) is 0 Å². The SMILES string of the molecule is Clc1ccc([C@]23C[C@H](c4ccccc4)Sc4ccccc4N2C(c2ccccc2)=NO3)cc1. The van der Waals surface area contributed by atoms with Gasteiger partial charge in [0, 0.05) is 32.7 Å². The molecule has 3 nitrogen and oxygen atoms in total. The summed E-state index contributed by atoms with van der Waals surface area (Å²) in [5.74, 6) is 0.812. The largest absolute Gasteiger partial charge is 0.360 e. The monoisotopic (exact) mass is 468 g/mol. The van der Waals surface area contributed by atoms with E-state index in [9.17, 15) is 0 Å². The Morgan fingerprint density at radius 1 is 0.818 bits per heavy atom. The van der Waals surface area contributed by atoms with Gasteiger partial charge in [-0.25, -0.2) is 0 Å². The van der Waals surface area contributed by atoms with Crippen LogP contribution in [-0.4, -0.2) is 5.84 Å². The van der Waals surface area contributed by atoms with Crippen molar-refractivity contribution in [3.63, 3.8) is 0 Å². The molecule has 0 N–H and O–H groups in total. The molecule has 33 heavy (non-hydrogen) atoms. The van der Waals surface area contributed by atoms with E-state index >= 15 is 0 Å². The maximum absolute atomic E-state index is 6.48. The van der Waals surface area contributed by atoms with E-state index in [2.05, 4.69) is 83.8 Å². The Bertz CT molecular complexity index is 1310. The molecular formula is C28H21ClN2OS. The lowest BCUT2D eigenvalue weighted by Gasteiger charge is -2.37. The van der Waals surface area contributed by atoms with Crippen LogP contribution in [0.25, 0.3) is 0 Å². The van der Waals surface area contributed by atoms with Crippen molar-refractivity contribution >= 4 is 34.9 Å². The molecule has 162 valence electrons. The third kappa shape index (κ3) is 3.50. The molecule has 2 atom stereocenters. The summed E-state index contributed by atoms with van der Waals surface area (Å²) in [4.78, 5) is 9.96. The number of para-hydroxylation sites is 1. The molecule has 0 fully saturated rings. The normalized spacial score (nSPS) is 21.4. The number of fused-ring (bicyclic) bond motifs is 3.